The van der Waals surface area contributed by atoms with Crippen LogP contribution in [0.15, 0.2) is 66.8 Å². The maximum Gasteiger partial charge on any atom is 0.123 e. The van der Waals surface area contributed by atoms with Gasteiger partial charge in [-0.2, -0.15) is 0 Å². The van der Waals surface area contributed by atoms with Crippen LogP contribution in [-0.2, 0) is 6.54 Å². The molecule has 0 aliphatic heterocycles. The van der Waals surface area contributed by atoms with Gasteiger partial charge in [0.1, 0.15) is 5.82 Å². The van der Waals surface area contributed by atoms with Gasteiger partial charge >= 0.3 is 0 Å². The Bertz CT molecular complexity index is 726. The Morgan fingerprint density at radius 2 is 1.83 bits per heavy atom. The summed E-state index contributed by atoms with van der Waals surface area (Å²) in [6.45, 7) is 5.07. The lowest BCUT2D eigenvalue weighted by molar-refractivity contribution is 0.342. The first-order valence-corrected chi connectivity index (χ1v) is 7.59. The summed E-state index contributed by atoms with van der Waals surface area (Å²) in [5, 5.41) is 8.89. The lowest BCUT2D eigenvalue weighted by Gasteiger charge is -2.26. The van der Waals surface area contributed by atoms with E-state index in [1.807, 2.05) is 12.1 Å². The number of nitrogens with two attached hydrogens (primary N) is 2. The Morgan fingerprint density at radius 3 is 2.46 bits per heavy atom. The lowest BCUT2D eigenvalue weighted by Crippen LogP contribution is -2.24. The van der Waals surface area contributed by atoms with Crippen molar-refractivity contribution in [2.24, 2.45) is 0 Å². The maximum atomic E-state index is 13.1. The summed E-state index contributed by atoms with van der Waals surface area (Å²) in [6, 6.07) is 11.8. The molecule has 5 heteroatoms. The summed E-state index contributed by atoms with van der Waals surface area (Å²) >= 11 is 0. The van der Waals surface area contributed by atoms with Crippen molar-refractivity contribution in [2.45, 2.75) is 6.54 Å². The highest BCUT2D eigenvalue weighted by Gasteiger charge is 2.10. The first-order valence-electron chi connectivity index (χ1n) is 7.59. The molecule has 2 aromatic rings. The zero-order chi connectivity index (χ0) is 17.5. The third-order valence-electron chi connectivity index (χ3n) is 3.58. The summed E-state index contributed by atoms with van der Waals surface area (Å²) in [6.07, 6.45) is 3.41. The molecule has 2 aromatic carbocycles. The summed E-state index contributed by atoms with van der Waals surface area (Å²) in [5.74, 6) is -0.266. The van der Waals surface area contributed by atoms with Crippen LogP contribution in [-0.4, -0.2) is 18.3 Å². The zero-order valence-corrected chi connectivity index (χ0v) is 13.5. The number of nitrogen functional groups attached to an aromatic ring is 2. The van der Waals surface area contributed by atoms with E-state index in [0.29, 0.717) is 24.5 Å². The van der Waals surface area contributed by atoms with Gasteiger partial charge < -0.3 is 21.5 Å². The molecule has 2 rings (SSSR count). The Labute approximate surface area is 141 Å². The van der Waals surface area contributed by atoms with E-state index in [2.05, 4.69) is 11.5 Å². The van der Waals surface area contributed by atoms with Gasteiger partial charge in [-0.15, -0.1) is 0 Å². The van der Waals surface area contributed by atoms with E-state index < -0.39 is 0 Å². The Morgan fingerprint density at radius 1 is 1.12 bits per heavy atom. The van der Waals surface area contributed by atoms with Crippen molar-refractivity contribution in [3.05, 3.63) is 78.1 Å². The molecule has 0 bridgehead atoms. The van der Waals surface area contributed by atoms with Crippen LogP contribution in [0, 0.1) is 5.82 Å². The molecule has 126 valence electrons. The second-order valence-corrected chi connectivity index (χ2v) is 5.54. The molecule has 0 spiro atoms. The van der Waals surface area contributed by atoms with Gasteiger partial charge in [0.2, 0.25) is 0 Å². The van der Waals surface area contributed by atoms with E-state index in [1.165, 1.54) is 12.1 Å². The second kappa shape index (κ2) is 8.17. The van der Waals surface area contributed by atoms with E-state index in [4.69, 9.17) is 16.6 Å². The number of anilines is 3. The highest BCUT2D eigenvalue weighted by atomic mass is 19.1. The van der Waals surface area contributed by atoms with Gasteiger partial charge in [0.25, 0.3) is 0 Å². The third kappa shape index (κ3) is 4.86. The third-order valence-corrected chi connectivity index (χ3v) is 3.58. The molecule has 5 N–H and O–H groups in total. The number of benzene rings is 2. The summed E-state index contributed by atoms with van der Waals surface area (Å²) in [5.41, 5.74) is 15.4. The Kier molecular flexibility index (Phi) is 5.98. The summed E-state index contributed by atoms with van der Waals surface area (Å²) in [7, 11) is 0. The number of hydrogen-bond acceptors (Lipinski definition) is 4. The minimum absolute atomic E-state index is 0.0359. The van der Waals surface area contributed by atoms with Gasteiger partial charge in [-0.25, -0.2) is 4.39 Å². The quantitative estimate of drug-likeness (QED) is 0.539. The molecule has 0 aliphatic carbocycles. The molecular weight excluding hydrogens is 305 g/mol. The molecule has 0 aromatic heterocycles. The van der Waals surface area contributed by atoms with Gasteiger partial charge in [-0.1, -0.05) is 30.9 Å². The lowest BCUT2D eigenvalue weighted by atomic mass is 10.1. The Balaban J connectivity index is 2.25. The standard InChI is InChI=1S/C19H22FN3O/c1-14(3-2-10-24)12-23(13-15-4-6-16(20)7-5-15)17-8-9-18(21)19(22)11-17/h2-9,11,24H,1,10,12-13,21-22H2. The van der Waals surface area contributed by atoms with Crippen LogP contribution < -0.4 is 16.4 Å². The molecule has 0 fully saturated rings. The SMILES string of the molecule is C=C(C=CCO)CN(Cc1ccc(F)cc1)c1ccc(N)c(N)c1. The van der Waals surface area contributed by atoms with Crippen LogP contribution in [0.3, 0.4) is 0 Å². The van der Waals surface area contributed by atoms with Crippen molar-refractivity contribution in [3.8, 4) is 0 Å². The normalized spacial score (nSPS) is 10.9. The van der Waals surface area contributed by atoms with Gasteiger partial charge in [0.05, 0.1) is 18.0 Å². The molecule has 0 aliphatic rings. The molecule has 24 heavy (non-hydrogen) atoms. The van der Waals surface area contributed by atoms with Gasteiger partial charge in [0, 0.05) is 18.8 Å². The van der Waals surface area contributed by atoms with Gasteiger partial charge in [-0.3, -0.25) is 0 Å². The molecule has 4 nitrogen and oxygen atoms in total. The zero-order valence-electron chi connectivity index (χ0n) is 13.5. The average molecular weight is 327 g/mol. The largest absolute Gasteiger partial charge is 0.397 e. The fourth-order valence-electron chi connectivity index (χ4n) is 2.32. The molecule has 0 atom stereocenters. The van der Waals surface area contributed by atoms with Crippen molar-refractivity contribution in [2.75, 3.05) is 29.5 Å². The summed E-state index contributed by atoms with van der Waals surface area (Å²) in [4.78, 5) is 2.06. The van der Waals surface area contributed by atoms with Crippen LogP contribution in [0.25, 0.3) is 0 Å². The number of nitrogens with zero attached hydrogens (tertiary/aromatic N) is 1. The van der Waals surface area contributed by atoms with Gasteiger partial charge in [0.15, 0.2) is 0 Å². The average Bonchev–Trinajstić information content (AvgIpc) is 2.57. The monoisotopic (exact) mass is 327 g/mol. The maximum absolute atomic E-state index is 13.1. The number of halogens is 1. The molecular formula is C19H22FN3O. The Hall–Kier alpha value is -2.79. The van der Waals surface area contributed by atoms with Crippen molar-refractivity contribution in [3.63, 3.8) is 0 Å². The predicted molar refractivity (Wildman–Crippen MR) is 98.1 cm³/mol. The fourth-order valence-corrected chi connectivity index (χ4v) is 2.32. The molecule has 0 unspecified atom stereocenters. The number of rotatable bonds is 7. The number of aliphatic hydroxyl groups excluding tert-OH is 1. The van der Waals surface area contributed by atoms with Crippen molar-refractivity contribution in [1.82, 2.24) is 0 Å². The van der Waals surface area contributed by atoms with E-state index in [9.17, 15) is 4.39 Å². The van der Waals surface area contributed by atoms with Crippen molar-refractivity contribution in [1.29, 1.82) is 0 Å². The van der Waals surface area contributed by atoms with Crippen LogP contribution in [0.5, 0.6) is 0 Å². The number of hydrogen-bond donors (Lipinski definition) is 3. The summed E-state index contributed by atoms with van der Waals surface area (Å²) < 4.78 is 13.1. The van der Waals surface area contributed by atoms with Crippen LogP contribution >= 0.6 is 0 Å². The van der Waals surface area contributed by atoms with E-state index in [-0.39, 0.29) is 12.4 Å². The van der Waals surface area contributed by atoms with E-state index in [1.54, 1.807) is 30.4 Å². The highest BCUT2D eigenvalue weighted by molar-refractivity contribution is 5.70. The van der Waals surface area contributed by atoms with Crippen LogP contribution in [0.2, 0.25) is 0 Å². The minimum Gasteiger partial charge on any atom is -0.397 e. The topological polar surface area (TPSA) is 75.5 Å². The molecule has 0 saturated carbocycles. The first kappa shape index (κ1) is 17.6. The van der Waals surface area contributed by atoms with Crippen molar-refractivity contribution >= 4 is 17.1 Å². The predicted octanol–water partition coefficient (Wildman–Crippen LogP) is 3.10. The molecule has 0 radical (unpaired) electrons. The second-order valence-electron chi connectivity index (χ2n) is 5.54. The van der Waals surface area contributed by atoms with Crippen molar-refractivity contribution < 1.29 is 9.50 Å². The molecule has 0 saturated heterocycles. The highest BCUT2D eigenvalue weighted by Crippen LogP contribution is 2.25. The van der Waals surface area contributed by atoms with Crippen LogP contribution in [0.4, 0.5) is 21.5 Å². The molecule has 0 amide bonds. The van der Waals surface area contributed by atoms with Crippen LogP contribution in [0.1, 0.15) is 5.56 Å². The first-order chi connectivity index (χ1) is 11.5. The minimum atomic E-state index is -0.266. The molecule has 0 heterocycles. The van der Waals surface area contributed by atoms with E-state index >= 15 is 0 Å². The fraction of sp³-hybridized carbons (Fsp3) is 0.158. The number of aliphatic hydroxyl groups is 1. The van der Waals surface area contributed by atoms with Gasteiger partial charge in [-0.05, 0) is 41.5 Å². The van der Waals surface area contributed by atoms with E-state index in [0.717, 1.165) is 16.8 Å². The smallest absolute Gasteiger partial charge is 0.123 e.